The van der Waals surface area contributed by atoms with Gasteiger partial charge in [0.05, 0.1) is 0 Å². The van der Waals surface area contributed by atoms with E-state index in [1.165, 1.54) is 57.8 Å². The van der Waals surface area contributed by atoms with Crippen LogP contribution in [0, 0.1) is 0 Å². The topological polar surface area (TPSA) is 78.9 Å². The molecule has 1 unspecified atom stereocenters. The summed E-state index contributed by atoms with van der Waals surface area (Å²) < 4.78 is 16.8. The molecule has 0 N–H and O–H groups in total. The van der Waals surface area contributed by atoms with Crippen LogP contribution >= 0.6 is 0 Å². The molecule has 0 aliphatic heterocycles. The predicted molar refractivity (Wildman–Crippen MR) is 279 cm³/mol. The third kappa shape index (κ3) is 51.2. The molecule has 6 nitrogen and oxygen atoms in total. The van der Waals surface area contributed by atoms with Gasteiger partial charge in [-0.15, -0.1) is 0 Å². The van der Waals surface area contributed by atoms with Gasteiger partial charge in [-0.25, -0.2) is 0 Å². The molecule has 0 fully saturated rings. The first-order valence-electron chi connectivity index (χ1n) is 26.7. The number of carbonyl (C=O) groups is 3. The maximum atomic E-state index is 12.8. The van der Waals surface area contributed by atoms with Gasteiger partial charge >= 0.3 is 17.9 Å². The minimum absolute atomic E-state index is 0.0944. The number of carbonyl (C=O) groups excluding carboxylic acids is 3. The quantitative estimate of drug-likeness (QED) is 0.0262. The molecule has 0 aromatic rings. The first kappa shape index (κ1) is 61.3. The molecule has 0 aromatic heterocycles. The van der Waals surface area contributed by atoms with Crippen LogP contribution in [-0.2, 0) is 28.6 Å². The van der Waals surface area contributed by atoms with E-state index < -0.39 is 6.10 Å². The smallest absolute Gasteiger partial charge is 0.306 e. The zero-order valence-electron chi connectivity index (χ0n) is 42.2. The zero-order chi connectivity index (χ0) is 47.2. The van der Waals surface area contributed by atoms with E-state index in [0.29, 0.717) is 19.3 Å². The van der Waals surface area contributed by atoms with Crippen LogP contribution in [0.4, 0.5) is 0 Å². The molecule has 0 heterocycles. The van der Waals surface area contributed by atoms with Crippen molar-refractivity contribution in [2.45, 2.75) is 245 Å². The molecule has 0 saturated heterocycles. The molecule has 0 aliphatic carbocycles. The van der Waals surface area contributed by atoms with Crippen molar-refractivity contribution in [3.8, 4) is 0 Å². The van der Waals surface area contributed by atoms with E-state index in [0.717, 1.165) is 141 Å². The van der Waals surface area contributed by atoms with Gasteiger partial charge in [-0.1, -0.05) is 201 Å². The highest BCUT2D eigenvalue weighted by molar-refractivity contribution is 5.71. The van der Waals surface area contributed by atoms with Gasteiger partial charge in [-0.2, -0.15) is 0 Å². The summed E-state index contributed by atoms with van der Waals surface area (Å²) in [5.41, 5.74) is 0. The molecule has 0 saturated carbocycles. The largest absolute Gasteiger partial charge is 0.462 e. The van der Waals surface area contributed by atoms with E-state index in [4.69, 9.17) is 14.2 Å². The lowest BCUT2D eigenvalue weighted by Crippen LogP contribution is -2.30. The molecular formula is C59H98O6. The maximum Gasteiger partial charge on any atom is 0.306 e. The molecule has 0 bridgehead atoms. The maximum absolute atomic E-state index is 12.8. The molecule has 0 radical (unpaired) electrons. The molecule has 1 atom stereocenters. The second-order valence-corrected chi connectivity index (χ2v) is 17.4. The first-order chi connectivity index (χ1) is 32.0. The molecular weight excluding hydrogens is 805 g/mol. The number of esters is 3. The number of rotatable bonds is 47. The Balaban J connectivity index is 4.38. The van der Waals surface area contributed by atoms with Gasteiger partial charge in [-0.05, 0) is 116 Å². The Hall–Kier alpha value is -3.67. The fourth-order valence-corrected chi connectivity index (χ4v) is 7.03. The van der Waals surface area contributed by atoms with Crippen LogP contribution < -0.4 is 0 Å². The van der Waals surface area contributed by atoms with Crippen molar-refractivity contribution < 1.29 is 28.6 Å². The molecule has 0 aromatic carbocycles. The fraction of sp³-hybridized carbons (Fsp3) is 0.678. The Kier molecular flexibility index (Phi) is 50.0. The average Bonchev–Trinajstić information content (AvgIpc) is 3.30. The van der Waals surface area contributed by atoms with Crippen molar-refractivity contribution in [2.75, 3.05) is 13.2 Å². The van der Waals surface area contributed by atoms with Crippen molar-refractivity contribution in [3.63, 3.8) is 0 Å². The van der Waals surface area contributed by atoms with Crippen molar-refractivity contribution >= 4 is 17.9 Å². The highest BCUT2D eigenvalue weighted by Crippen LogP contribution is 2.13. The Labute approximate surface area is 400 Å². The summed E-state index contributed by atoms with van der Waals surface area (Å²) in [6.45, 7) is 6.41. The third-order valence-electron chi connectivity index (χ3n) is 11.0. The molecule has 6 heteroatoms. The number of unbranched alkanes of at least 4 members (excludes halogenated alkanes) is 20. The predicted octanol–water partition coefficient (Wildman–Crippen LogP) is 17.8. The second kappa shape index (κ2) is 52.9. The summed E-state index contributed by atoms with van der Waals surface area (Å²) in [5, 5.41) is 0. The van der Waals surface area contributed by atoms with Gasteiger partial charge in [-0.3, -0.25) is 14.4 Å². The van der Waals surface area contributed by atoms with E-state index in [9.17, 15) is 14.4 Å². The highest BCUT2D eigenvalue weighted by atomic mass is 16.6. The van der Waals surface area contributed by atoms with Crippen LogP contribution in [0.15, 0.2) is 97.2 Å². The molecule has 0 rings (SSSR count). The molecule has 370 valence electrons. The van der Waals surface area contributed by atoms with E-state index in [2.05, 4.69) is 118 Å². The van der Waals surface area contributed by atoms with Crippen LogP contribution in [0.25, 0.3) is 0 Å². The summed E-state index contributed by atoms with van der Waals surface area (Å²) >= 11 is 0. The van der Waals surface area contributed by atoms with E-state index in [1.54, 1.807) is 0 Å². The van der Waals surface area contributed by atoms with E-state index >= 15 is 0 Å². The highest BCUT2D eigenvalue weighted by Gasteiger charge is 2.19. The van der Waals surface area contributed by atoms with Gasteiger partial charge in [0, 0.05) is 19.3 Å². The lowest BCUT2D eigenvalue weighted by Gasteiger charge is -2.18. The second-order valence-electron chi connectivity index (χ2n) is 17.4. The van der Waals surface area contributed by atoms with Crippen LogP contribution in [0.1, 0.15) is 239 Å². The number of hydrogen-bond acceptors (Lipinski definition) is 6. The van der Waals surface area contributed by atoms with Gasteiger partial charge in [0.25, 0.3) is 0 Å². The molecule has 0 spiro atoms. The van der Waals surface area contributed by atoms with Crippen molar-refractivity contribution in [1.82, 2.24) is 0 Å². The summed E-state index contributed by atoms with van der Waals surface area (Å²) in [7, 11) is 0. The van der Waals surface area contributed by atoms with Crippen LogP contribution in [0.3, 0.4) is 0 Å². The molecule has 65 heavy (non-hydrogen) atoms. The minimum Gasteiger partial charge on any atom is -0.462 e. The Bertz CT molecular complexity index is 1310. The standard InChI is InChI=1S/C59H98O6/c1-4-7-10-13-16-19-22-24-26-27-28-29-30-31-32-33-34-36-37-40-43-46-49-52-58(61)64-55-56(54-63-57(60)51-48-45-42-39-21-18-15-12-9-6-3)65-59(62)53-50-47-44-41-38-35-25-23-20-17-14-11-8-5-2/h7,10,12,15-16,19,23-26,28-29,31-32,34,36,56H,4-6,8-9,11,13-14,17-18,20-22,27,30,33,35,37-55H2,1-3H3/b10-7-,15-12-,19-16-,25-23-,26-24-,29-28-,32-31-,36-34-. The van der Waals surface area contributed by atoms with Gasteiger partial charge in [0.15, 0.2) is 6.10 Å². The summed E-state index contributed by atoms with van der Waals surface area (Å²) in [6.07, 6.45) is 69.7. The Morgan fingerprint density at radius 1 is 0.323 bits per heavy atom. The number of allylic oxidation sites excluding steroid dienone is 16. The summed E-state index contributed by atoms with van der Waals surface area (Å²) in [5.74, 6) is -0.942. The fourth-order valence-electron chi connectivity index (χ4n) is 7.03. The lowest BCUT2D eigenvalue weighted by molar-refractivity contribution is -0.167. The Morgan fingerprint density at radius 3 is 1.02 bits per heavy atom. The normalized spacial score (nSPS) is 12.8. The van der Waals surface area contributed by atoms with Crippen molar-refractivity contribution in [3.05, 3.63) is 97.2 Å². The Morgan fingerprint density at radius 2 is 0.631 bits per heavy atom. The van der Waals surface area contributed by atoms with Crippen LogP contribution in [0.2, 0.25) is 0 Å². The van der Waals surface area contributed by atoms with Gasteiger partial charge < -0.3 is 14.2 Å². The van der Waals surface area contributed by atoms with Crippen molar-refractivity contribution in [2.24, 2.45) is 0 Å². The van der Waals surface area contributed by atoms with Crippen LogP contribution in [0.5, 0.6) is 0 Å². The van der Waals surface area contributed by atoms with E-state index in [1.807, 2.05) is 0 Å². The van der Waals surface area contributed by atoms with Crippen LogP contribution in [-0.4, -0.2) is 37.2 Å². The average molecular weight is 903 g/mol. The molecule has 0 aliphatic rings. The lowest BCUT2D eigenvalue weighted by atomic mass is 10.1. The third-order valence-corrected chi connectivity index (χ3v) is 11.0. The summed E-state index contributed by atoms with van der Waals surface area (Å²) in [4.78, 5) is 37.9. The summed E-state index contributed by atoms with van der Waals surface area (Å²) in [6, 6.07) is 0. The number of ether oxygens (including phenoxy) is 3. The zero-order valence-corrected chi connectivity index (χ0v) is 42.2. The minimum atomic E-state index is -0.795. The first-order valence-corrected chi connectivity index (χ1v) is 26.7. The SMILES string of the molecule is CC/C=C\C/C=C\C/C=C\C/C=C\C/C=C\C/C=C\CCCCCCC(=O)OCC(COC(=O)CCCCCCC/C=C\CCC)OC(=O)CCCCCCC/C=C\CCCCCCC. The van der Waals surface area contributed by atoms with Crippen molar-refractivity contribution in [1.29, 1.82) is 0 Å². The van der Waals surface area contributed by atoms with Gasteiger partial charge in [0.1, 0.15) is 13.2 Å². The molecule has 0 amide bonds. The van der Waals surface area contributed by atoms with E-state index in [-0.39, 0.29) is 31.1 Å². The number of hydrogen-bond donors (Lipinski definition) is 0. The monoisotopic (exact) mass is 903 g/mol. The van der Waals surface area contributed by atoms with Gasteiger partial charge in [0.2, 0.25) is 0 Å².